The minimum Gasteiger partial charge on any atom is -0.308 e. The molecule has 0 bridgehead atoms. The van der Waals surface area contributed by atoms with Gasteiger partial charge >= 0.3 is 0 Å². The summed E-state index contributed by atoms with van der Waals surface area (Å²) in [5, 5.41) is 7.33. The van der Waals surface area contributed by atoms with Crippen LogP contribution in [-0.4, -0.2) is 4.57 Å². The molecule has 0 N–H and O–H groups in total. The summed E-state index contributed by atoms with van der Waals surface area (Å²) in [5.74, 6) is 0. The predicted octanol–water partition coefficient (Wildman–Crippen LogP) is 13.4. The summed E-state index contributed by atoms with van der Waals surface area (Å²) in [5.41, 5.74) is 8.87. The monoisotopic (exact) mass is 632 g/mol. The molecule has 0 aliphatic heterocycles. The molecule has 7 aromatic carbocycles. The van der Waals surface area contributed by atoms with Crippen molar-refractivity contribution in [1.82, 2.24) is 4.57 Å². The van der Waals surface area contributed by atoms with Crippen LogP contribution in [0, 0.1) is 6.57 Å². The molecule has 0 atom stereocenters. The van der Waals surface area contributed by atoms with Crippen molar-refractivity contribution in [3.63, 3.8) is 0 Å². The molecule has 3 heterocycles. The van der Waals surface area contributed by atoms with Crippen molar-refractivity contribution in [3.05, 3.63) is 157 Å². The van der Waals surface area contributed by atoms with Gasteiger partial charge in [0.1, 0.15) is 0 Å². The summed E-state index contributed by atoms with van der Waals surface area (Å²) in [6, 6.07) is 52.3. The number of rotatable bonds is 3. The van der Waals surface area contributed by atoms with Crippen molar-refractivity contribution in [2.24, 2.45) is 0 Å². The molecule has 0 saturated heterocycles. The smallest absolute Gasteiger partial charge is 0.205 e. The molecule has 2 nitrogen and oxygen atoms in total. The molecule has 218 valence electrons. The minimum atomic E-state index is 0.703. The number of benzene rings is 7. The quantitative estimate of drug-likeness (QED) is 0.171. The third-order valence-corrected chi connectivity index (χ3v) is 11.8. The van der Waals surface area contributed by atoms with Gasteiger partial charge in [-0.15, -0.1) is 22.7 Å². The maximum atomic E-state index is 8.27. The SMILES string of the molecule is [C-]#[N+]c1cc(-c2cccc3sc4ccccc4c23)cc2c1sc1c(-n3c4ccccc4c4ccc(-c5ccccc5)cc43)cccc12. The summed E-state index contributed by atoms with van der Waals surface area (Å²) in [4.78, 5) is 4.10. The van der Waals surface area contributed by atoms with Crippen LogP contribution in [-0.2, 0) is 0 Å². The highest BCUT2D eigenvalue weighted by Gasteiger charge is 2.20. The molecular formula is C43H24N2S2. The van der Waals surface area contributed by atoms with Gasteiger partial charge in [0.2, 0.25) is 5.69 Å². The fraction of sp³-hybridized carbons (Fsp3) is 0. The van der Waals surface area contributed by atoms with E-state index in [4.69, 9.17) is 6.57 Å². The van der Waals surface area contributed by atoms with Gasteiger partial charge in [-0.05, 0) is 70.1 Å². The Morgan fingerprint density at radius 2 is 1.21 bits per heavy atom. The maximum Gasteiger partial charge on any atom is 0.205 e. The van der Waals surface area contributed by atoms with Gasteiger partial charge in [-0.2, -0.15) is 0 Å². The van der Waals surface area contributed by atoms with Gasteiger partial charge in [0.15, 0.2) is 0 Å². The Labute approximate surface area is 278 Å². The van der Waals surface area contributed by atoms with Gasteiger partial charge in [0.05, 0.1) is 28.0 Å². The highest BCUT2D eigenvalue weighted by molar-refractivity contribution is 7.27. The fourth-order valence-corrected chi connectivity index (χ4v) is 9.71. The van der Waals surface area contributed by atoms with E-state index in [9.17, 15) is 0 Å². The van der Waals surface area contributed by atoms with E-state index in [0.29, 0.717) is 5.69 Å². The summed E-state index contributed by atoms with van der Waals surface area (Å²) >= 11 is 3.56. The van der Waals surface area contributed by atoms with Crippen LogP contribution in [0.15, 0.2) is 146 Å². The van der Waals surface area contributed by atoms with E-state index in [1.165, 1.54) is 68.8 Å². The predicted molar refractivity (Wildman–Crippen MR) is 204 cm³/mol. The van der Waals surface area contributed by atoms with Crippen LogP contribution in [0.2, 0.25) is 0 Å². The zero-order valence-corrected chi connectivity index (χ0v) is 26.7. The molecule has 3 aromatic heterocycles. The molecule has 0 aliphatic carbocycles. The number of hydrogen-bond acceptors (Lipinski definition) is 2. The van der Waals surface area contributed by atoms with Crippen LogP contribution in [0.1, 0.15) is 0 Å². The van der Waals surface area contributed by atoms with Crippen LogP contribution in [0.25, 0.3) is 94.9 Å². The molecule has 0 unspecified atom stereocenters. The molecule has 0 radical (unpaired) electrons. The van der Waals surface area contributed by atoms with Gasteiger partial charge in [0.25, 0.3) is 0 Å². The van der Waals surface area contributed by atoms with Crippen LogP contribution >= 0.6 is 22.7 Å². The summed E-state index contributed by atoms with van der Waals surface area (Å²) in [6.07, 6.45) is 0. The molecule has 0 aliphatic rings. The van der Waals surface area contributed by atoms with Gasteiger partial charge in [-0.1, -0.05) is 103 Å². The van der Waals surface area contributed by atoms with E-state index in [2.05, 4.69) is 155 Å². The van der Waals surface area contributed by atoms with E-state index in [-0.39, 0.29) is 0 Å². The van der Waals surface area contributed by atoms with Crippen LogP contribution in [0.5, 0.6) is 0 Å². The van der Waals surface area contributed by atoms with Crippen molar-refractivity contribution in [2.75, 3.05) is 0 Å². The second-order valence-corrected chi connectivity index (χ2v) is 14.1. The first-order valence-corrected chi connectivity index (χ1v) is 17.3. The van der Waals surface area contributed by atoms with Gasteiger partial charge in [0, 0.05) is 41.0 Å². The fourth-order valence-electron chi connectivity index (χ4n) is 7.34. The zero-order valence-electron chi connectivity index (χ0n) is 25.1. The molecule has 0 amide bonds. The van der Waals surface area contributed by atoms with Gasteiger partial charge in [-0.25, -0.2) is 4.85 Å². The molecule has 0 spiro atoms. The van der Waals surface area contributed by atoms with Crippen molar-refractivity contribution >= 4 is 90.5 Å². The number of fused-ring (bicyclic) bond motifs is 9. The van der Waals surface area contributed by atoms with Gasteiger partial charge in [-0.3, -0.25) is 0 Å². The van der Waals surface area contributed by atoms with Crippen LogP contribution < -0.4 is 0 Å². The summed E-state index contributed by atoms with van der Waals surface area (Å²) < 4.78 is 7.21. The van der Waals surface area contributed by atoms with Crippen molar-refractivity contribution < 1.29 is 0 Å². The first-order chi connectivity index (χ1) is 23.3. The largest absolute Gasteiger partial charge is 0.308 e. The first kappa shape index (κ1) is 26.5. The van der Waals surface area contributed by atoms with E-state index in [0.717, 1.165) is 21.3 Å². The molecule has 0 fully saturated rings. The highest BCUT2D eigenvalue weighted by atomic mass is 32.1. The van der Waals surface area contributed by atoms with Crippen LogP contribution in [0.4, 0.5) is 5.69 Å². The van der Waals surface area contributed by atoms with Gasteiger partial charge < -0.3 is 4.57 Å². The normalized spacial score (nSPS) is 11.8. The second-order valence-electron chi connectivity index (χ2n) is 12.0. The van der Waals surface area contributed by atoms with Crippen LogP contribution in [0.3, 0.4) is 0 Å². The Morgan fingerprint density at radius 1 is 0.468 bits per heavy atom. The van der Waals surface area contributed by atoms with E-state index >= 15 is 0 Å². The average molecular weight is 633 g/mol. The number of hydrogen-bond donors (Lipinski definition) is 0. The van der Waals surface area contributed by atoms with E-state index in [1.807, 2.05) is 11.3 Å². The number of aromatic nitrogens is 1. The third-order valence-electron chi connectivity index (χ3n) is 9.41. The Morgan fingerprint density at radius 3 is 2.11 bits per heavy atom. The molecule has 10 rings (SSSR count). The Bertz CT molecular complexity index is 2920. The molecule has 0 saturated carbocycles. The standard InChI is InChI=1S/C43H24N2S2/c1-44-35-24-28(29-15-10-20-40-41(29)33-14-6-8-19-39(33)46-40)23-34-32-16-9-18-37(43(32)47-42(34)35)45-36-17-7-5-13-30(36)31-22-21-27(25-38(31)45)26-11-3-2-4-12-26/h2-25H. The van der Waals surface area contributed by atoms with Crippen molar-refractivity contribution in [1.29, 1.82) is 0 Å². The summed E-state index contributed by atoms with van der Waals surface area (Å²) in [7, 11) is 0. The number of nitrogens with zero attached hydrogens (tertiary/aromatic N) is 2. The van der Waals surface area contributed by atoms with Crippen molar-refractivity contribution in [3.8, 4) is 27.9 Å². The lowest BCUT2D eigenvalue weighted by molar-refractivity contribution is 1.20. The third kappa shape index (κ3) is 3.88. The van der Waals surface area contributed by atoms with E-state index < -0.39 is 0 Å². The maximum absolute atomic E-state index is 8.27. The second kappa shape index (κ2) is 10.1. The first-order valence-electron chi connectivity index (χ1n) is 15.6. The lowest BCUT2D eigenvalue weighted by Gasteiger charge is -2.10. The van der Waals surface area contributed by atoms with Crippen molar-refractivity contribution in [2.45, 2.75) is 0 Å². The molecule has 4 heteroatoms. The number of para-hydroxylation sites is 1. The molecule has 47 heavy (non-hydrogen) atoms. The Kier molecular flexibility index (Phi) is 5.71. The number of thiophene rings is 2. The Hall–Kier alpha value is -5.73. The van der Waals surface area contributed by atoms with E-state index in [1.54, 1.807) is 11.3 Å². The average Bonchev–Trinajstić information content (AvgIpc) is 3.81. The lowest BCUT2D eigenvalue weighted by atomic mass is 9.97. The topological polar surface area (TPSA) is 9.29 Å². The Balaban J connectivity index is 1.26. The highest BCUT2D eigenvalue weighted by Crippen LogP contribution is 2.47. The molecular weight excluding hydrogens is 609 g/mol. The zero-order chi connectivity index (χ0) is 31.1. The molecule has 10 aromatic rings. The minimum absolute atomic E-state index is 0.703. The summed E-state index contributed by atoms with van der Waals surface area (Å²) in [6.45, 7) is 8.27. The lowest BCUT2D eigenvalue weighted by Crippen LogP contribution is -1.94.